The van der Waals surface area contributed by atoms with Gasteiger partial charge in [-0.3, -0.25) is 4.79 Å². The second-order valence-corrected chi connectivity index (χ2v) is 6.13. The van der Waals surface area contributed by atoms with Gasteiger partial charge in [-0.1, -0.05) is 18.2 Å². The van der Waals surface area contributed by atoms with Crippen LogP contribution in [0.15, 0.2) is 54.7 Å². The molecule has 0 atom stereocenters. The van der Waals surface area contributed by atoms with Gasteiger partial charge in [0.2, 0.25) is 5.91 Å². The van der Waals surface area contributed by atoms with Crippen LogP contribution in [0.4, 0.5) is 5.69 Å². The van der Waals surface area contributed by atoms with E-state index in [0.717, 1.165) is 27.9 Å². The molecule has 1 aromatic heterocycles. The van der Waals surface area contributed by atoms with Gasteiger partial charge in [0.25, 0.3) is 0 Å². The minimum absolute atomic E-state index is 0.0232. The number of nitrogens with one attached hydrogen (secondary N) is 1. The van der Waals surface area contributed by atoms with E-state index in [0.29, 0.717) is 12.5 Å². The van der Waals surface area contributed by atoms with Crippen molar-refractivity contribution in [2.45, 2.75) is 26.3 Å². The van der Waals surface area contributed by atoms with Gasteiger partial charge >= 0.3 is 0 Å². The van der Waals surface area contributed by atoms with Crippen molar-refractivity contribution in [1.82, 2.24) is 4.57 Å². The number of aromatic nitrogens is 1. The first kappa shape index (κ1) is 16.1. The van der Waals surface area contributed by atoms with Crippen molar-refractivity contribution in [2.24, 2.45) is 0 Å². The number of nitrogens with zero attached hydrogens (tertiary/aromatic N) is 1. The maximum atomic E-state index is 12.4. The van der Waals surface area contributed by atoms with E-state index >= 15 is 0 Å². The van der Waals surface area contributed by atoms with Crippen molar-refractivity contribution in [3.05, 3.63) is 60.3 Å². The van der Waals surface area contributed by atoms with Crippen molar-refractivity contribution in [3.63, 3.8) is 0 Å². The minimum atomic E-state index is -0.0232. The quantitative estimate of drug-likeness (QED) is 0.756. The molecule has 0 unspecified atom stereocenters. The lowest BCUT2D eigenvalue weighted by Gasteiger charge is -2.11. The number of fused-ring (bicyclic) bond motifs is 1. The molecule has 1 amide bonds. The highest BCUT2D eigenvalue weighted by Gasteiger charge is 2.10. The first-order chi connectivity index (χ1) is 11.6. The number of methoxy groups -OCH3 is 1. The highest BCUT2D eigenvalue weighted by atomic mass is 16.5. The fraction of sp³-hybridized carbons (Fsp3) is 0.250. The predicted octanol–water partition coefficient (Wildman–Crippen LogP) is 4.41. The fourth-order valence-corrected chi connectivity index (χ4v) is 2.87. The monoisotopic (exact) mass is 322 g/mol. The van der Waals surface area contributed by atoms with Crippen molar-refractivity contribution >= 4 is 22.5 Å². The Hall–Kier alpha value is -2.75. The van der Waals surface area contributed by atoms with E-state index in [1.54, 1.807) is 7.11 Å². The number of amides is 1. The van der Waals surface area contributed by atoms with Crippen molar-refractivity contribution < 1.29 is 9.53 Å². The molecule has 0 bridgehead atoms. The van der Waals surface area contributed by atoms with Crippen LogP contribution in [0.25, 0.3) is 10.9 Å². The lowest BCUT2D eigenvalue weighted by molar-refractivity contribution is -0.115. The predicted molar refractivity (Wildman–Crippen MR) is 97.7 cm³/mol. The number of benzene rings is 2. The normalized spacial score (nSPS) is 11.0. The van der Waals surface area contributed by atoms with Crippen molar-refractivity contribution in [3.8, 4) is 5.75 Å². The summed E-state index contributed by atoms with van der Waals surface area (Å²) in [7, 11) is 1.63. The Morgan fingerprint density at radius 3 is 2.54 bits per heavy atom. The average molecular weight is 322 g/mol. The zero-order valence-electron chi connectivity index (χ0n) is 14.2. The molecule has 3 aromatic rings. The summed E-state index contributed by atoms with van der Waals surface area (Å²) >= 11 is 0. The molecule has 0 saturated carbocycles. The van der Waals surface area contributed by atoms with E-state index in [1.165, 1.54) is 0 Å². The van der Waals surface area contributed by atoms with E-state index in [4.69, 9.17) is 4.74 Å². The third kappa shape index (κ3) is 3.27. The van der Waals surface area contributed by atoms with Crippen LogP contribution in [0, 0.1) is 0 Å². The molecule has 2 aromatic carbocycles. The highest BCUT2D eigenvalue weighted by molar-refractivity contribution is 6.02. The summed E-state index contributed by atoms with van der Waals surface area (Å²) in [5.74, 6) is 0.768. The van der Waals surface area contributed by atoms with Crippen LogP contribution < -0.4 is 10.1 Å². The molecule has 1 heterocycles. The Bertz CT molecular complexity index is 848. The Morgan fingerprint density at radius 1 is 1.12 bits per heavy atom. The topological polar surface area (TPSA) is 43.3 Å². The molecule has 0 aliphatic carbocycles. The number of ether oxygens (including phenoxy) is 1. The molecular weight excluding hydrogens is 300 g/mol. The molecule has 0 spiro atoms. The van der Waals surface area contributed by atoms with Gasteiger partial charge in [-0.15, -0.1) is 0 Å². The Balaban J connectivity index is 1.77. The van der Waals surface area contributed by atoms with Crippen LogP contribution in [0.1, 0.15) is 25.5 Å². The molecule has 0 radical (unpaired) electrons. The summed E-state index contributed by atoms with van der Waals surface area (Å²) in [6, 6.07) is 16.0. The number of hydrogen-bond donors (Lipinski definition) is 1. The standard InChI is InChI=1S/C20H22N2O2/c1-14(2)22-12-11-17-18(5-4-6-19(17)22)21-20(23)13-15-7-9-16(24-3)10-8-15/h4-12,14H,13H2,1-3H3,(H,21,23). The Kier molecular flexibility index (Phi) is 4.56. The van der Waals surface area contributed by atoms with Gasteiger partial charge in [-0.05, 0) is 49.7 Å². The first-order valence-electron chi connectivity index (χ1n) is 8.11. The summed E-state index contributed by atoms with van der Waals surface area (Å²) in [5.41, 5.74) is 2.94. The molecule has 0 aliphatic heterocycles. The van der Waals surface area contributed by atoms with Gasteiger partial charge < -0.3 is 14.6 Å². The first-order valence-corrected chi connectivity index (χ1v) is 8.11. The summed E-state index contributed by atoms with van der Waals surface area (Å²) in [5, 5.41) is 4.09. The largest absolute Gasteiger partial charge is 0.497 e. The van der Waals surface area contributed by atoms with Gasteiger partial charge in [0.05, 0.1) is 24.7 Å². The van der Waals surface area contributed by atoms with Crippen LogP contribution in [-0.4, -0.2) is 17.6 Å². The molecule has 0 fully saturated rings. The van der Waals surface area contributed by atoms with Crippen molar-refractivity contribution in [2.75, 3.05) is 12.4 Å². The summed E-state index contributed by atoms with van der Waals surface area (Å²) < 4.78 is 7.34. The highest BCUT2D eigenvalue weighted by Crippen LogP contribution is 2.27. The molecule has 4 heteroatoms. The lowest BCUT2D eigenvalue weighted by atomic mass is 10.1. The van der Waals surface area contributed by atoms with Gasteiger partial charge in [-0.2, -0.15) is 0 Å². The average Bonchev–Trinajstić information content (AvgIpc) is 3.01. The smallest absolute Gasteiger partial charge is 0.228 e. The fourth-order valence-electron chi connectivity index (χ4n) is 2.87. The Morgan fingerprint density at radius 2 is 1.88 bits per heavy atom. The number of hydrogen-bond acceptors (Lipinski definition) is 2. The maximum Gasteiger partial charge on any atom is 0.228 e. The van der Waals surface area contributed by atoms with Crippen LogP contribution >= 0.6 is 0 Å². The van der Waals surface area contributed by atoms with Crippen LogP contribution in [0.2, 0.25) is 0 Å². The molecule has 3 rings (SSSR count). The molecule has 1 N–H and O–H groups in total. The molecule has 0 aliphatic rings. The number of carbonyl (C=O) groups is 1. The third-order valence-electron chi connectivity index (χ3n) is 4.12. The van der Waals surface area contributed by atoms with Crippen LogP contribution in [-0.2, 0) is 11.2 Å². The minimum Gasteiger partial charge on any atom is -0.497 e. The zero-order valence-corrected chi connectivity index (χ0v) is 14.2. The maximum absolute atomic E-state index is 12.4. The molecular formula is C20H22N2O2. The van der Waals surface area contributed by atoms with Crippen molar-refractivity contribution in [1.29, 1.82) is 0 Å². The van der Waals surface area contributed by atoms with E-state index in [-0.39, 0.29) is 5.91 Å². The summed E-state index contributed by atoms with van der Waals surface area (Å²) in [6.45, 7) is 4.29. The lowest BCUT2D eigenvalue weighted by Crippen LogP contribution is -2.14. The summed E-state index contributed by atoms with van der Waals surface area (Å²) in [4.78, 5) is 12.4. The molecule has 4 nitrogen and oxygen atoms in total. The van der Waals surface area contributed by atoms with E-state index in [2.05, 4.69) is 42.1 Å². The van der Waals surface area contributed by atoms with Gasteiger partial charge in [0.15, 0.2) is 0 Å². The number of carbonyl (C=O) groups excluding carboxylic acids is 1. The van der Waals surface area contributed by atoms with Gasteiger partial charge in [0, 0.05) is 17.6 Å². The number of anilines is 1. The third-order valence-corrected chi connectivity index (χ3v) is 4.12. The van der Waals surface area contributed by atoms with E-state index < -0.39 is 0 Å². The van der Waals surface area contributed by atoms with Crippen LogP contribution in [0.3, 0.4) is 0 Å². The van der Waals surface area contributed by atoms with E-state index in [1.807, 2.05) is 36.4 Å². The van der Waals surface area contributed by atoms with Gasteiger partial charge in [0.1, 0.15) is 5.75 Å². The molecule has 124 valence electrons. The van der Waals surface area contributed by atoms with Crippen LogP contribution in [0.5, 0.6) is 5.75 Å². The second-order valence-electron chi connectivity index (χ2n) is 6.13. The molecule has 0 saturated heterocycles. The number of rotatable bonds is 5. The second kappa shape index (κ2) is 6.79. The van der Waals surface area contributed by atoms with Gasteiger partial charge in [-0.25, -0.2) is 0 Å². The molecule has 24 heavy (non-hydrogen) atoms. The SMILES string of the molecule is COc1ccc(CC(=O)Nc2cccc3c2ccn3C(C)C)cc1. The summed E-state index contributed by atoms with van der Waals surface area (Å²) in [6.07, 6.45) is 2.40. The van der Waals surface area contributed by atoms with E-state index in [9.17, 15) is 4.79 Å². The zero-order chi connectivity index (χ0) is 17.1. The Labute approximate surface area is 142 Å².